The summed E-state index contributed by atoms with van der Waals surface area (Å²) in [6.07, 6.45) is 12.4. The summed E-state index contributed by atoms with van der Waals surface area (Å²) < 4.78 is 0. The van der Waals surface area contributed by atoms with Crippen LogP contribution in [0.4, 0.5) is 0 Å². The van der Waals surface area contributed by atoms with Gasteiger partial charge in [0.1, 0.15) is 5.75 Å². The molecule has 1 nitrogen and oxygen atoms in total. The molecule has 0 unspecified atom stereocenters. The van der Waals surface area contributed by atoms with E-state index >= 15 is 0 Å². The van der Waals surface area contributed by atoms with Crippen LogP contribution in [0.3, 0.4) is 0 Å². The molecule has 0 aliphatic heterocycles. The number of hydrogen-bond donors (Lipinski definition) is 1. The first kappa shape index (κ1) is 18.4. The van der Waals surface area contributed by atoms with E-state index in [4.69, 9.17) is 0 Å². The lowest BCUT2D eigenvalue weighted by molar-refractivity contribution is 0.455. The van der Waals surface area contributed by atoms with Gasteiger partial charge >= 0.3 is 0 Å². The van der Waals surface area contributed by atoms with E-state index in [0.29, 0.717) is 5.75 Å². The summed E-state index contributed by atoms with van der Waals surface area (Å²) >= 11 is 1.81. The largest absolute Gasteiger partial charge is 0.507 e. The van der Waals surface area contributed by atoms with Crippen LogP contribution in [0.1, 0.15) is 76.0 Å². The number of aryl methyl sites for hydroxylation is 2. The molecule has 0 heterocycles. The zero-order valence-corrected chi connectivity index (χ0v) is 15.1. The summed E-state index contributed by atoms with van der Waals surface area (Å²) in [5.41, 5.74) is 3.84. The first-order chi connectivity index (χ1) is 10.2. The Hall–Kier alpha value is -0.630. The number of phenols is 1. The molecule has 0 aliphatic rings. The molecule has 0 aliphatic carbocycles. The Morgan fingerprint density at radius 2 is 1.38 bits per heavy atom. The highest BCUT2D eigenvalue weighted by Gasteiger charge is 2.16. The average molecular weight is 309 g/mol. The van der Waals surface area contributed by atoms with Gasteiger partial charge in [0.2, 0.25) is 0 Å². The van der Waals surface area contributed by atoms with Gasteiger partial charge in [0, 0.05) is 10.5 Å². The van der Waals surface area contributed by atoms with Crippen LogP contribution in [0.2, 0.25) is 0 Å². The van der Waals surface area contributed by atoms with Crippen LogP contribution in [-0.4, -0.2) is 11.4 Å². The van der Waals surface area contributed by atoms with Crippen molar-refractivity contribution in [2.24, 2.45) is 0 Å². The summed E-state index contributed by atoms with van der Waals surface area (Å²) in [7, 11) is 0. The fraction of sp³-hybridized carbons (Fsp3) is 0.684. The highest BCUT2D eigenvalue weighted by molar-refractivity contribution is 7.98. The average Bonchev–Trinajstić information content (AvgIpc) is 2.50. The second-order valence-electron chi connectivity index (χ2n) is 5.87. The van der Waals surface area contributed by atoms with E-state index in [1.807, 2.05) is 11.8 Å². The molecule has 21 heavy (non-hydrogen) atoms. The molecule has 0 bridgehead atoms. The zero-order chi connectivity index (χ0) is 15.7. The smallest absolute Gasteiger partial charge is 0.123 e. The van der Waals surface area contributed by atoms with Gasteiger partial charge in [0.25, 0.3) is 0 Å². The van der Waals surface area contributed by atoms with E-state index in [0.717, 1.165) is 32.1 Å². The Kier molecular flexibility index (Phi) is 8.91. The molecule has 120 valence electrons. The Morgan fingerprint density at radius 1 is 0.857 bits per heavy atom. The first-order valence-corrected chi connectivity index (χ1v) is 9.82. The SMILES string of the molecule is CCCCc1cc(CCCC)c(SC)c(CCCC)c1O. The van der Waals surface area contributed by atoms with E-state index in [1.165, 1.54) is 47.3 Å². The minimum atomic E-state index is 0.585. The van der Waals surface area contributed by atoms with Gasteiger partial charge < -0.3 is 5.11 Å². The first-order valence-electron chi connectivity index (χ1n) is 8.60. The van der Waals surface area contributed by atoms with Crippen LogP contribution in [-0.2, 0) is 19.3 Å². The maximum absolute atomic E-state index is 10.7. The molecule has 2 heteroatoms. The van der Waals surface area contributed by atoms with Gasteiger partial charge in [-0.3, -0.25) is 0 Å². The highest BCUT2D eigenvalue weighted by atomic mass is 32.2. The summed E-state index contributed by atoms with van der Waals surface area (Å²) in [5, 5.41) is 10.7. The molecule has 1 aromatic carbocycles. The molecule has 1 N–H and O–H groups in total. The molecular formula is C19H32OS. The fourth-order valence-corrected chi connectivity index (χ4v) is 3.66. The summed E-state index contributed by atoms with van der Waals surface area (Å²) in [5.74, 6) is 0.585. The monoisotopic (exact) mass is 308 g/mol. The minimum absolute atomic E-state index is 0.585. The van der Waals surface area contributed by atoms with E-state index in [1.54, 1.807) is 0 Å². The Labute approximate surface area is 135 Å². The third kappa shape index (κ3) is 5.25. The van der Waals surface area contributed by atoms with E-state index in [9.17, 15) is 5.11 Å². The van der Waals surface area contributed by atoms with Gasteiger partial charge in [-0.15, -0.1) is 11.8 Å². The van der Waals surface area contributed by atoms with Crippen molar-refractivity contribution in [2.45, 2.75) is 83.5 Å². The number of rotatable bonds is 10. The number of hydrogen-bond acceptors (Lipinski definition) is 2. The number of unbranched alkanes of at least 4 members (excludes halogenated alkanes) is 3. The Morgan fingerprint density at radius 3 is 1.90 bits per heavy atom. The Bertz CT molecular complexity index is 426. The van der Waals surface area contributed by atoms with Crippen molar-refractivity contribution >= 4 is 11.8 Å². The van der Waals surface area contributed by atoms with Crippen molar-refractivity contribution in [3.8, 4) is 5.75 Å². The van der Waals surface area contributed by atoms with Crippen molar-refractivity contribution < 1.29 is 5.11 Å². The van der Waals surface area contributed by atoms with Crippen LogP contribution in [0.5, 0.6) is 5.75 Å². The highest BCUT2D eigenvalue weighted by Crippen LogP contribution is 2.37. The molecule has 1 aromatic rings. The lowest BCUT2D eigenvalue weighted by Gasteiger charge is -2.18. The molecule has 0 saturated heterocycles. The second kappa shape index (κ2) is 10.2. The summed E-state index contributed by atoms with van der Waals surface area (Å²) in [6, 6.07) is 2.28. The van der Waals surface area contributed by atoms with Gasteiger partial charge in [-0.1, -0.05) is 46.1 Å². The predicted molar refractivity (Wildman–Crippen MR) is 95.7 cm³/mol. The number of thioether (sulfide) groups is 1. The molecular weight excluding hydrogens is 276 g/mol. The minimum Gasteiger partial charge on any atom is -0.507 e. The maximum Gasteiger partial charge on any atom is 0.123 e. The van der Waals surface area contributed by atoms with Gasteiger partial charge in [-0.2, -0.15) is 0 Å². The van der Waals surface area contributed by atoms with Crippen molar-refractivity contribution in [1.29, 1.82) is 0 Å². The van der Waals surface area contributed by atoms with Crippen LogP contribution >= 0.6 is 11.8 Å². The Balaban J connectivity index is 3.20. The maximum atomic E-state index is 10.7. The van der Waals surface area contributed by atoms with Crippen LogP contribution in [0.15, 0.2) is 11.0 Å². The third-order valence-corrected chi connectivity index (χ3v) is 5.00. The van der Waals surface area contributed by atoms with E-state index < -0.39 is 0 Å². The zero-order valence-electron chi connectivity index (χ0n) is 14.3. The molecule has 0 fully saturated rings. The van der Waals surface area contributed by atoms with Crippen molar-refractivity contribution in [3.05, 3.63) is 22.8 Å². The topological polar surface area (TPSA) is 20.2 Å². The number of phenolic OH excluding ortho intramolecular Hbond substituents is 1. The van der Waals surface area contributed by atoms with Crippen LogP contribution in [0.25, 0.3) is 0 Å². The van der Waals surface area contributed by atoms with Crippen LogP contribution in [0, 0.1) is 0 Å². The van der Waals surface area contributed by atoms with E-state index in [2.05, 4.69) is 33.1 Å². The number of benzene rings is 1. The quantitative estimate of drug-likeness (QED) is 0.524. The summed E-state index contributed by atoms with van der Waals surface area (Å²) in [4.78, 5) is 1.34. The van der Waals surface area contributed by atoms with Gasteiger partial charge in [-0.05, 0) is 55.9 Å². The van der Waals surface area contributed by atoms with Crippen molar-refractivity contribution in [2.75, 3.05) is 6.26 Å². The number of aromatic hydroxyl groups is 1. The molecule has 1 rings (SSSR count). The molecule has 0 aromatic heterocycles. The third-order valence-electron chi connectivity index (χ3n) is 4.09. The second-order valence-corrected chi connectivity index (χ2v) is 6.68. The predicted octanol–water partition coefficient (Wildman–Crippen LogP) is 6.14. The standard InChI is InChI=1S/C19H32OS/c1-5-8-11-15-14-16(12-9-6-2)19(21-4)17(18(15)20)13-10-7-3/h14,20H,5-13H2,1-4H3. The molecule has 0 atom stereocenters. The summed E-state index contributed by atoms with van der Waals surface area (Å²) in [6.45, 7) is 6.67. The normalized spacial score (nSPS) is 11.0. The van der Waals surface area contributed by atoms with Crippen molar-refractivity contribution in [3.63, 3.8) is 0 Å². The molecule has 0 spiro atoms. The lowest BCUT2D eigenvalue weighted by atomic mass is 9.95. The molecule has 0 radical (unpaired) electrons. The van der Waals surface area contributed by atoms with Gasteiger partial charge in [0.15, 0.2) is 0 Å². The van der Waals surface area contributed by atoms with E-state index in [-0.39, 0.29) is 0 Å². The van der Waals surface area contributed by atoms with Crippen LogP contribution < -0.4 is 0 Å². The lowest BCUT2D eigenvalue weighted by Crippen LogP contribution is -2.01. The van der Waals surface area contributed by atoms with Gasteiger partial charge in [0.05, 0.1) is 0 Å². The fourth-order valence-electron chi connectivity index (χ4n) is 2.79. The van der Waals surface area contributed by atoms with Crippen molar-refractivity contribution in [1.82, 2.24) is 0 Å². The molecule has 0 amide bonds. The molecule has 0 saturated carbocycles. The van der Waals surface area contributed by atoms with Gasteiger partial charge in [-0.25, -0.2) is 0 Å².